The zero-order valence-electron chi connectivity index (χ0n) is 11.1. The van der Waals surface area contributed by atoms with Crippen molar-refractivity contribution in [1.29, 1.82) is 0 Å². The molecule has 0 atom stereocenters. The Labute approximate surface area is 117 Å². The highest BCUT2D eigenvalue weighted by Crippen LogP contribution is 2.24. The summed E-state index contributed by atoms with van der Waals surface area (Å²) in [6.07, 6.45) is 0. The quantitative estimate of drug-likeness (QED) is 0.879. The molecule has 0 radical (unpaired) electrons. The molecule has 1 aromatic carbocycles. The maximum absolute atomic E-state index is 12.1. The second-order valence-corrected chi connectivity index (χ2v) is 5.78. The van der Waals surface area contributed by atoms with Gasteiger partial charge in [-0.1, -0.05) is 0 Å². The average Bonchev–Trinajstić information content (AvgIpc) is 2.90. The Morgan fingerprint density at radius 1 is 1.30 bits per heavy atom. The number of ether oxygens (including phenoxy) is 1. The van der Waals surface area contributed by atoms with Gasteiger partial charge in [0.05, 0.1) is 12.8 Å². The molecular weight excluding hydrogens is 282 g/mol. The number of aliphatic hydroxyl groups excluding tert-OH is 1. The van der Waals surface area contributed by atoms with Gasteiger partial charge in [-0.25, -0.2) is 0 Å². The van der Waals surface area contributed by atoms with Crippen LogP contribution in [0.1, 0.15) is 11.3 Å². The van der Waals surface area contributed by atoms with Crippen LogP contribution in [0.2, 0.25) is 0 Å². The third-order valence-electron chi connectivity index (χ3n) is 2.74. The van der Waals surface area contributed by atoms with Gasteiger partial charge in [0.25, 0.3) is 10.0 Å². The molecule has 0 aliphatic carbocycles. The number of hydrogen-bond donors (Lipinski definition) is 2. The van der Waals surface area contributed by atoms with Crippen molar-refractivity contribution in [3.63, 3.8) is 0 Å². The lowest BCUT2D eigenvalue weighted by atomic mass is 10.2. The summed E-state index contributed by atoms with van der Waals surface area (Å²) in [7, 11) is -2.27. The van der Waals surface area contributed by atoms with Crippen LogP contribution in [-0.2, 0) is 16.6 Å². The number of hydrogen-bond acceptors (Lipinski definition) is 5. The Morgan fingerprint density at radius 3 is 2.60 bits per heavy atom. The summed E-state index contributed by atoms with van der Waals surface area (Å²) in [5.74, 6) is 0.836. The minimum atomic E-state index is -3.81. The molecule has 1 aromatic heterocycles. The molecule has 0 aliphatic rings. The fraction of sp³-hybridized carbons (Fsp3) is 0.231. The molecule has 108 valence electrons. The predicted octanol–water partition coefficient (Wildman–Crippen LogP) is 1.89. The monoisotopic (exact) mass is 297 g/mol. The summed E-state index contributed by atoms with van der Waals surface area (Å²) >= 11 is 0. The summed E-state index contributed by atoms with van der Waals surface area (Å²) in [5, 5.41) is 8.65. The van der Waals surface area contributed by atoms with Gasteiger partial charge in [0, 0.05) is 0 Å². The van der Waals surface area contributed by atoms with Crippen molar-refractivity contribution in [2.45, 2.75) is 18.6 Å². The molecule has 2 aromatic rings. The smallest absolute Gasteiger partial charge is 0.295 e. The van der Waals surface area contributed by atoms with E-state index < -0.39 is 10.0 Å². The number of benzene rings is 1. The molecule has 0 aliphatic heterocycles. The zero-order valence-corrected chi connectivity index (χ0v) is 11.9. The van der Waals surface area contributed by atoms with Gasteiger partial charge in [-0.3, -0.25) is 4.72 Å². The van der Waals surface area contributed by atoms with Crippen LogP contribution in [-0.4, -0.2) is 20.6 Å². The van der Waals surface area contributed by atoms with Gasteiger partial charge in [0.15, 0.2) is 0 Å². The summed E-state index contributed by atoms with van der Waals surface area (Å²) in [6.45, 7) is 1.42. The number of nitrogens with one attached hydrogen (secondary N) is 1. The number of sulfonamides is 1. The van der Waals surface area contributed by atoms with Crippen LogP contribution in [0, 0.1) is 6.92 Å². The molecule has 0 saturated carbocycles. The lowest BCUT2D eigenvalue weighted by Crippen LogP contribution is -2.13. The Bertz CT molecular complexity index is 705. The lowest BCUT2D eigenvalue weighted by molar-refractivity contribution is 0.236. The average molecular weight is 297 g/mol. The van der Waals surface area contributed by atoms with E-state index in [2.05, 4.69) is 4.72 Å². The van der Waals surface area contributed by atoms with E-state index in [4.69, 9.17) is 14.3 Å². The number of rotatable bonds is 5. The number of anilines is 1. The molecule has 6 nitrogen and oxygen atoms in total. The van der Waals surface area contributed by atoms with Gasteiger partial charge >= 0.3 is 0 Å². The van der Waals surface area contributed by atoms with Crippen molar-refractivity contribution in [1.82, 2.24) is 0 Å². The number of furan rings is 1. The van der Waals surface area contributed by atoms with Gasteiger partial charge in [-0.2, -0.15) is 8.42 Å². The molecular formula is C13H15NO5S. The van der Waals surface area contributed by atoms with Gasteiger partial charge in [0.2, 0.25) is 5.09 Å². The van der Waals surface area contributed by atoms with E-state index in [0.717, 1.165) is 5.56 Å². The Hall–Kier alpha value is -1.99. The van der Waals surface area contributed by atoms with E-state index >= 15 is 0 Å². The van der Waals surface area contributed by atoms with Crippen LogP contribution in [0.4, 0.5) is 5.69 Å². The SMILES string of the molecule is COc1ccc(NS(=O)(=O)c2ccc(CO)o2)c(C)c1. The first kappa shape index (κ1) is 14.4. The first-order chi connectivity index (χ1) is 9.46. The highest BCUT2D eigenvalue weighted by Gasteiger charge is 2.19. The maximum Gasteiger partial charge on any atom is 0.295 e. The fourth-order valence-electron chi connectivity index (χ4n) is 1.66. The first-order valence-corrected chi connectivity index (χ1v) is 7.31. The van der Waals surface area contributed by atoms with Gasteiger partial charge in [-0.15, -0.1) is 0 Å². The summed E-state index contributed by atoms with van der Waals surface area (Å²) < 4.78 is 36.8. The third-order valence-corrected chi connectivity index (χ3v) is 3.97. The van der Waals surface area contributed by atoms with Crippen LogP contribution in [0.25, 0.3) is 0 Å². The van der Waals surface area contributed by atoms with Crippen LogP contribution < -0.4 is 9.46 Å². The van der Waals surface area contributed by atoms with Crippen LogP contribution in [0.5, 0.6) is 5.75 Å². The third kappa shape index (κ3) is 2.94. The van der Waals surface area contributed by atoms with Crippen molar-refractivity contribution in [2.24, 2.45) is 0 Å². The molecule has 0 amide bonds. The molecule has 0 spiro atoms. The molecule has 0 unspecified atom stereocenters. The van der Waals surface area contributed by atoms with Gasteiger partial charge < -0.3 is 14.3 Å². The largest absolute Gasteiger partial charge is 0.497 e. The molecule has 0 fully saturated rings. The van der Waals surface area contributed by atoms with Crippen molar-refractivity contribution in [3.8, 4) is 5.75 Å². The molecule has 7 heteroatoms. The number of aliphatic hydroxyl groups is 1. The fourth-order valence-corrected chi connectivity index (χ4v) is 2.74. The van der Waals surface area contributed by atoms with Gasteiger partial charge in [-0.05, 0) is 42.8 Å². The van der Waals surface area contributed by atoms with E-state index in [1.54, 1.807) is 25.1 Å². The van der Waals surface area contributed by atoms with E-state index in [1.807, 2.05) is 0 Å². The standard InChI is InChI=1S/C13H15NO5S/c1-9-7-10(18-2)3-5-12(9)14-20(16,17)13-6-4-11(8-15)19-13/h3-7,14-15H,8H2,1-2H3. The first-order valence-electron chi connectivity index (χ1n) is 5.83. The summed E-state index contributed by atoms with van der Waals surface area (Å²) in [6, 6.07) is 7.70. The van der Waals surface area contributed by atoms with Crippen LogP contribution in [0.3, 0.4) is 0 Å². The molecule has 0 saturated heterocycles. The Balaban J connectivity index is 2.28. The second kappa shape index (κ2) is 5.56. The second-order valence-electron chi connectivity index (χ2n) is 4.17. The minimum Gasteiger partial charge on any atom is -0.497 e. The molecule has 0 bridgehead atoms. The van der Waals surface area contributed by atoms with Crippen molar-refractivity contribution in [2.75, 3.05) is 11.8 Å². The Kier molecular flexibility index (Phi) is 4.01. The van der Waals surface area contributed by atoms with E-state index in [9.17, 15) is 8.42 Å². The molecule has 2 rings (SSSR count). The maximum atomic E-state index is 12.1. The predicted molar refractivity (Wildman–Crippen MR) is 73.2 cm³/mol. The summed E-state index contributed by atoms with van der Waals surface area (Å²) in [4.78, 5) is 0. The molecule has 2 N–H and O–H groups in total. The van der Waals surface area contributed by atoms with E-state index in [-0.39, 0.29) is 17.5 Å². The van der Waals surface area contributed by atoms with Crippen LogP contribution >= 0.6 is 0 Å². The van der Waals surface area contributed by atoms with Crippen molar-refractivity contribution >= 4 is 15.7 Å². The Morgan fingerprint density at radius 2 is 2.05 bits per heavy atom. The van der Waals surface area contributed by atoms with Gasteiger partial charge in [0.1, 0.15) is 18.1 Å². The lowest BCUT2D eigenvalue weighted by Gasteiger charge is -2.10. The number of methoxy groups -OCH3 is 1. The number of aryl methyl sites for hydroxylation is 1. The normalized spacial score (nSPS) is 11.3. The highest BCUT2D eigenvalue weighted by atomic mass is 32.2. The van der Waals surface area contributed by atoms with E-state index in [0.29, 0.717) is 11.4 Å². The molecule has 1 heterocycles. The topological polar surface area (TPSA) is 88.8 Å². The van der Waals surface area contributed by atoms with Crippen LogP contribution in [0.15, 0.2) is 39.8 Å². The van der Waals surface area contributed by atoms with Crippen molar-refractivity contribution in [3.05, 3.63) is 41.7 Å². The minimum absolute atomic E-state index is 0.192. The summed E-state index contributed by atoms with van der Waals surface area (Å²) in [5.41, 5.74) is 1.16. The zero-order chi connectivity index (χ0) is 14.8. The highest BCUT2D eigenvalue weighted by molar-refractivity contribution is 7.92. The van der Waals surface area contributed by atoms with Crippen molar-refractivity contribution < 1.29 is 22.7 Å². The molecule has 20 heavy (non-hydrogen) atoms. The van der Waals surface area contributed by atoms with E-state index in [1.165, 1.54) is 19.2 Å².